The molecule has 1 aromatic rings. The third-order valence-corrected chi connectivity index (χ3v) is 3.26. The molecule has 0 unspecified atom stereocenters. The Labute approximate surface area is 153 Å². The molecule has 23 heavy (non-hydrogen) atoms. The Balaban J connectivity index is 0.00000264. The highest BCUT2D eigenvalue weighted by atomic mass is 127. The number of hydrogen-bond donors (Lipinski definition) is 1. The maximum absolute atomic E-state index is 12.0. The van der Waals surface area contributed by atoms with Crippen LogP contribution in [-0.2, 0) is 11.3 Å². The number of nitrogens with two attached hydrogens (primary N) is 1. The van der Waals surface area contributed by atoms with Crippen LogP contribution in [0.5, 0.6) is 0 Å². The van der Waals surface area contributed by atoms with Crippen molar-refractivity contribution in [3.8, 4) is 0 Å². The summed E-state index contributed by atoms with van der Waals surface area (Å²) in [5.74, 6) is 0.491. The van der Waals surface area contributed by atoms with E-state index >= 15 is 0 Å². The van der Waals surface area contributed by atoms with Crippen molar-refractivity contribution < 1.29 is 13.9 Å². The van der Waals surface area contributed by atoms with E-state index in [1.807, 2.05) is 31.7 Å². The predicted molar refractivity (Wildman–Crippen MR) is 98.8 cm³/mol. The van der Waals surface area contributed by atoms with Crippen molar-refractivity contribution in [3.05, 3.63) is 24.2 Å². The molecule has 0 spiro atoms. The number of furan rings is 1. The van der Waals surface area contributed by atoms with Crippen molar-refractivity contribution in [1.29, 1.82) is 0 Å². The first kappa shape index (κ1) is 19.6. The second-order valence-electron chi connectivity index (χ2n) is 6.26. The van der Waals surface area contributed by atoms with Gasteiger partial charge in [-0.15, -0.1) is 24.0 Å². The van der Waals surface area contributed by atoms with Gasteiger partial charge in [0.15, 0.2) is 5.96 Å². The molecule has 8 heteroatoms. The van der Waals surface area contributed by atoms with Crippen molar-refractivity contribution in [3.63, 3.8) is 0 Å². The number of carbonyl (C=O) groups excluding carboxylic acids is 1. The van der Waals surface area contributed by atoms with Gasteiger partial charge in [-0.25, -0.2) is 9.79 Å². The summed E-state index contributed by atoms with van der Waals surface area (Å²) in [5.41, 5.74) is 6.51. The number of aliphatic imine (C=N–C) groups is 1. The van der Waals surface area contributed by atoms with Crippen molar-refractivity contribution in [2.45, 2.75) is 32.9 Å². The molecule has 0 bridgehead atoms. The van der Waals surface area contributed by atoms with Gasteiger partial charge >= 0.3 is 6.09 Å². The van der Waals surface area contributed by atoms with Crippen LogP contribution in [0.15, 0.2) is 28.0 Å². The van der Waals surface area contributed by atoms with Crippen molar-refractivity contribution in [2.24, 2.45) is 10.7 Å². The smallest absolute Gasteiger partial charge is 0.410 e. The summed E-state index contributed by atoms with van der Waals surface area (Å²) in [7, 11) is 0. The molecule has 0 radical (unpaired) electrons. The first-order valence-corrected chi connectivity index (χ1v) is 7.39. The predicted octanol–water partition coefficient (Wildman–Crippen LogP) is 2.27. The molecule has 2 heterocycles. The number of ether oxygens (including phenoxy) is 1. The average Bonchev–Trinajstić information content (AvgIpc) is 2.96. The molecule has 2 N–H and O–H groups in total. The van der Waals surface area contributed by atoms with Crippen molar-refractivity contribution in [1.82, 2.24) is 9.80 Å². The monoisotopic (exact) mass is 436 g/mol. The van der Waals surface area contributed by atoms with Gasteiger partial charge in [0.2, 0.25) is 0 Å². The van der Waals surface area contributed by atoms with Gasteiger partial charge in [-0.2, -0.15) is 0 Å². The van der Waals surface area contributed by atoms with Gasteiger partial charge in [-0.1, -0.05) is 0 Å². The van der Waals surface area contributed by atoms with E-state index in [-0.39, 0.29) is 30.1 Å². The highest BCUT2D eigenvalue weighted by molar-refractivity contribution is 14.0. The van der Waals surface area contributed by atoms with Crippen molar-refractivity contribution in [2.75, 3.05) is 26.2 Å². The molecule has 1 amide bonds. The van der Waals surface area contributed by atoms with E-state index in [1.54, 1.807) is 17.4 Å². The van der Waals surface area contributed by atoms with Crippen LogP contribution in [0.3, 0.4) is 0 Å². The number of amides is 1. The first-order valence-electron chi connectivity index (χ1n) is 7.39. The zero-order chi connectivity index (χ0) is 16.2. The molecule has 0 aliphatic carbocycles. The van der Waals surface area contributed by atoms with Crippen LogP contribution in [0.1, 0.15) is 26.3 Å². The first-order chi connectivity index (χ1) is 10.3. The second kappa shape index (κ2) is 8.42. The van der Waals surface area contributed by atoms with E-state index in [4.69, 9.17) is 14.9 Å². The van der Waals surface area contributed by atoms with Crippen LogP contribution in [0.25, 0.3) is 0 Å². The maximum Gasteiger partial charge on any atom is 0.410 e. The Hall–Kier alpha value is -1.45. The Morgan fingerprint density at radius 2 is 1.91 bits per heavy atom. The van der Waals surface area contributed by atoms with Crippen LogP contribution in [-0.4, -0.2) is 53.6 Å². The fraction of sp³-hybridized carbons (Fsp3) is 0.600. The summed E-state index contributed by atoms with van der Waals surface area (Å²) in [6.45, 7) is 8.55. The van der Waals surface area contributed by atoms with E-state index in [2.05, 4.69) is 4.99 Å². The molecule has 1 aliphatic rings. The average molecular weight is 436 g/mol. The van der Waals surface area contributed by atoms with Gasteiger partial charge < -0.3 is 24.7 Å². The fourth-order valence-corrected chi connectivity index (χ4v) is 2.10. The van der Waals surface area contributed by atoms with E-state index in [0.717, 1.165) is 5.56 Å². The molecule has 130 valence electrons. The lowest BCUT2D eigenvalue weighted by Crippen LogP contribution is -2.53. The fourth-order valence-electron chi connectivity index (χ4n) is 2.10. The third kappa shape index (κ3) is 6.28. The quantitative estimate of drug-likeness (QED) is 0.437. The lowest BCUT2D eigenvalue weighted by Gasteiger charge is -2.36. The largest absolute Gasteiger partial charge is 0.472 e. The standard InChI is InChI=1S/C15H24N4O3.HI/c1-15(2,3)22-14(20)19-7-5-18(6-8-19)13(16)17-10-12-4-9-21-11-12;/h4,9,11H,5-8,10H2,1-3H3,(H2,16,17);1H. The van der Waals surface area contributed by atoms with Gasteiger partial charge in [0.1, 0.15) is 5.60 Å². The third-order valence-electron chi connectivity index (χ3n) is 3.26. The normalized spacial score (nSPS) is 16.0. The number of carbonyl (C=O) groups is 1. The van der Waals surface area contributed by atoms with Gasteiger partial charge in [0.25, 0.3) is 0 Å². The number of guanidine groups is 1. The number of nitrogens with zero attached hydrogens (tertiary/aromatic N) is 3. The molecule has 2 rings (SSSR count). The zero-order valence-corrected chi connectivity index (χ0v) is 16.1. The molecular weight excluding hydrogens is 411 g/mol. The summed E-state index contributed by atoms with van der Waals surface area (Å²) in [5, 5.41) is 0. The van der Waals surface area contributed by atoms with E-state index < -0.39 is 5.60 Å². The van der Waals surface area contributed by atoms with Gasteiger partial charge in [0.05, 0.1) is 19.1 Å². The molecule has 0 aromatic carbocycles. The summed E-state index contributed by atoms with van der Waals surface area (Å²) in [6.07, 6.45) is 2.98. The molecule has 0 saturated carbocycles. The minimum atomic E-state index is -0.473. The SMILES string of the molecule is CC(C)(C)OC(=O)N1CCN(C(N)=NCc2ccoc2)CC1.I. The van der Waals surface area contributed by atoms with E-state index in [0.29, 0.717) is 38.7 Å². The number of hydrogen-bond acceptors (Lipinski definition) is 4. The Bertz CT molecular complexity index is 517. The second-order valence-corrected chi connectivity index (χ2v) is 6.26. The summed E-state index contributed by atoms with van der Waals surface area (Å²) in [6, 6.07) is 1.86. The summed E-state index contributed by atoms with van der Waals surface area (Å²) < 4.78 is 10.4. The molecular formula is C15H25IN4O3. The topological polar surface area (TPSA) is 84.3 Å². The van der Waals surface area contributed by atoms with Gasteiger partial charge in [0, 0.05) is 31.7 Å². The Morgan fingerprint density at radius 1 is 1.30 bits per heavy atom. The number of piperazine rings is 1. The minimum Gasteiger partial charge on any atom is -0.472 e. The Morgan fingerprint density at radius 3 is 2.43 bits per heavy atom. The van der Waals surface area contributed by atoms with Crippen LogP contribution in [0.2, 0.25) is 0 Å². The Kier molecular flexibility index (Phi) is 7.17. The van der Waals surface area contributed by atoms with Crippen LogP contribution < -0.4 is 5.73 Å². The number of rotatable bonds is 2. The number of halogens is 1. The molecule has 1 fully saturated rings. The summed E-state index contributed by atoms with van der Waals surface area (Å²) >= 11 is 0. The van der Waals surface area contributed by atoms with E-state index in [1.165, 1.54) is 0 Å². The lowest BCUT2D eigenvalue weighted by molar-refractivity contribution is 0.0186. The molecule has 1 aromatic heterocycles. The van der Waals surface area contributed by atoms with Gasteiger partial charge in [-0.05, 0) is 26.8 Å². The highest BCUT2D eigenvalue weighted by Crippen LogP contribution is 2.12. The van der Waals surface area contributed by atoms with Crippen LogP contribution in [0.4, 0.5) is 4.79 Å². The van der Waals surface area contributed by atoms with Crippen molar-refractivity contribution >= 4 is 36.0 Å². The highest BCUT2D eigenvalue weighted by Gasteiger charge is 2.26. The molecule has 1 saturated heterocycles. The zero-order valence-electron chi connectivity index (χ0n) is 13.8. The van der Waals surface area contributed by atoms with Crippen LogP contribution in [0, 0.1) is 0 Å². The van der Waals surface area contributed by atoms with Crippen LogP contribution >= 0.6 is 24.0 Å². The molecule has 1 aliphatic heterocycles. The molecule has 0 atom stereocenters. The van der Waals surface area contributed by atoms with E-state index in [9.17, 15) is 4.79 Å². The van der Waals surface area contributed by atoms with Gasteiger partial charge in [-0.3, -0.25) is 0 Å². The minimum absolute atomic E-state index is 0. The molecule has 7 nitrogen and oxygen atoms in total. The maximum atomic E-state index is 12.0. The summed E-state index contributed by atoms with van der Waals surface area (Å²) in [4.78, 5) is 20.0. The lowest BCUT2D eigenvalue weighted by atomic mass is 10.2.